The number of halogens is 2. The second kappa shape index (κ2) is 5.63. The number of anilines is 2. The van der Waals surface area contributed by atoms with Crippen molar-refractivity contribution in [3.63, 3.8) is 0 Å². The molecule has 3 N–H and O–H groups in total. The number of hydrogen-bond donors (Lipinski definition) is 2. The van der Waals surface area contributed by atoms with Crippen LogP contribution in [0.5, 0.6) is 0 Å². The van der Waals surface area contributed by atoms with E-state index >= 15 is 0 Å². The third kappa shape index (κ3) is 3.45. The zero-order chi connectivity index (χ0) is 14.9. The molecular weight excluding hydrogens is 364 g/mol. The van der Waals surface area contributed by atoms with E-state index in [9.17, 15) is 8.42 Å². The quantitative estimate of drug-likeness (QED) is 0.802. The first kappa shape index (κ1) is 15.2. The minimum absolute atomic E-state index is 0.00834. The fourth-order valence-corrected chi connectivity index (χ4v) is 3.94. The van der Waals surface area contributed by atoms with Crippen molar-refractivity contribution in [1.29, 1.82) is 0 Å². The summed E-state index contributed by atoms with van der Waals surface area (Å²) in [6.07, 6.45) is 0. The Morgan fingerprint density at radius 2 is 1.90 bits per heavy atom. The minimum Gasteiger partial charge on any atom is -0.399 e. The van der Waals surface area contributed by atoms with Crippen LogP contribution in [0.4, 0.5) is 11.4 Å². The predicted octanol–water partition coefficient (Wildman–Crippen LogP) is 3.79. The van der Waals surface area contributed by atoms with Gasteiger partial charge < -0.3 is 5.73 Å². The van der Waals surface area contributed by atoms with Crippen LogP contribution in [0.1, 0.15) is 5.56 Å². The summed E-state index contributed by atoms with van der Waals surface area (Å²) in [6.45, 7) is 1.87. The number of nitrogens with two attached hydrogens (primary N) is 1. The number of nitrogen functional groups attached to an aromatic ring is 1. The van der Waals surface area contributed by atoms with Crippen LogP contribution < -0.4 is 10.5 Å². The first-order chi connectivity index (χ1) is 9.28. The average molecular weight is 376 g/mol. The lowest BCUT2D eigenvalue weighted by Crippen LogP contribution is -2.13. The van der Waals surface area contributed by atoms with Gasteiger partial charge in [-0.15, -0.1) is 0 Å². The Morgan fingerprint density at radius 1 is 1.20 bits per heavy atom. The molecule has 7 heteroatoms. The summed E-state index contributed by atoms with van der Waals surface area (Å²) in [4.78, 5) is -0.00834. The topological polar surface area (TPSA) is 72.2 Å². The molecule has 0 atom stereocenters. The maximum Gasteiger partial charge on any atom is 0.263 e. The van der Waals surface area contributed by atoms with E-state index in [0.29, 0.717) is 11.4 Å². The van der Waals surface area contributed by atoms with E-state index in [1.165, 1.54) is 18.2 Å². The number of nitrogens with one attached hydrogen (secondary N) is 1. The third-order valence-electron chi connectivity index (χ3n) is 2.54. The molecule has 2 aromatic rings. The summed E-state index contributed by atoms with van der Waals surface area (Å²) < 4.78 is 27.9. The lowest BCUT2D eigenvalue weighted by Gasteiger charge is -2.11. The molecule has 0 aromatic heterocycles. The molecule has 0 heterocycles. The van der Waals surface area contributed by atoms with Gasteiger partial charge >= 0.3 is 0 Å². The number of aryl methyl sites for hydroxylation is 1. The molecule has 0 bridgehead atoms. The van der Waals surface area contributed by atoms with Crippen molar-refractivity contribution in [2.45, 2.75) is 11.8 Å². The molecule has 0 aliphatic carbocycles. The van der Waals surface area contributed by atoms with E-state index < -0.39 is 10.0 Å². The molecule has 0 spiro atoms. The molecule has 0 aliphatic rings. The second-order valence-corrected chi connectivity index (χ2v) is 7.29. The van der Waals surface area contributed by atoms with Crippen LogP contribution in [0.3, 0.4) is 0 Å². The maximum atomic E-state index is 12.3. The van der Waals surface area contributed by atoms with Gasteiger partial charge in [-0.1, -0.05) is 27.5 Å². The summed E-state index contributed by atoms with van der Waals surface area (Å²) in [5.41, 5.74) is 7.36. The van der Waals surface area contributed by atoms with Crippen LogP contribution in [0.25, 0.3) is 0 Å². The van der Waals surface area contributed by atoms with Crippen molar-refractivity contribution in [2.75, 3.05) is 10.5 Å². The van der Waals surface area contributed by atoms with Gasteiger partial charge in [0.25, 0.3) is 10.0 Å². The molecule has 0 amide bonds. The molecule has 2 rings (SSSR count). The molecule has 0 unspecified atom stereocenters. The monoisotopic (exact) mass is 374 g/mol. The van der Waals surface area contributed by atoms with Gasteiger partial charge in [-0.05, 0) is 48.9 Å². The molecule has 0 aliphatic heterocycles. The normalized spacial score (nSPS) is 11.3. The van der Waals surface area contributed by atoms with Crippen LogP contribution in [-0.4, -0.2) is 8.42 Å². The molecule has 20 heavy (non-hydrogen) atoms. The first-order valence-corrected chi connectivity index (χ1v) is 8.28. The predicted molar refractivity (Wildman–Crippen MR) is 85.6 cm³/mol. The maximum absolute atomic E-state index is 12.3. The lowest BCUT2D eigenvalue weighted by atomic mass is 10.2. The lowest BCUT2D eigenvalue weighted by molar-refractivity contribution is 0.601. The highest BCUT2D eigenvalue weighted by Crippen LogP contribution is 2.27. The fraction of sp³-hybridized carbons (Fsp3) is 0.0769. The van der Waals surface area contributed by atoms with Crippen molar-refractivity contribution in [3.8, 4) is 0 Å². The number of sulfonamides is 1. The summed E-state index contributed by atoms with van der Waals surface area (Å²) >= 11 is 9.26. The second-order valence-electron chi connectivity index (χ2n) is 4.31. The number of rotatable bonds is 3. The van der Waals surface area contributed by atoms with Crippen LogP contribution in [0, 0.1) is 6.92 Å². The van der Waals surface area contributed by atoms with Crippen LogP contribution in [0.2, 0.25) is 5.02 Å². The molecule has 0 radical (unpaired) electrons. The first-order valence-electron chi connectivity index (χ1n) is 5.63. The average Bonchev–Trinajstić information content (AvgIpc) is 2.25. The Morgan fingerprint density at radius 3 is 2.50 bits per heavy atom. The Labute approximate surface area is 131 Å². The Kier molecular flexibility index (Phi) is 4.27. The van der Waals surface area contributed by atoms with Crippen LogP contribution in [0.15, 0.2) is 45.8 Å². The SMILES string of the molecule is Cc1cc(Br)cc(NS(=O)(=O)c2ccc(N)cc2Cl)c1. The van der Waals surface area contributed by atoms with Crippen molar-refractivity contribution in [2.24, 2.45) is 0 Å². The van der Waals surface area contributed by atoms with Gasteiger partial charge in [0.2, 0.25) is 0 Å². The highest BCUT2D eigenvalue weighted by molar-refractivity contribution is 9.10. The number of benzene rings is 2. The zero-order valence-electron chi connectivity index (χ0n) is 10.5. The van der Waals surface area contributed by atoms with E-state index in [4.69, 9.17) is 17.3 Å². The summed E-state index contributed by atoms with van der Waals surface area (Å²) in [5, 5.41) is 0.0872. The molecule has 0 saturated carbocycles. The highest BCUT2D eigenvalue weighted by atomic mass is 79.9. The Balaban J connectivity index is 2.40. The van der Waals surface area contributed by atoms with E-state index in [1.807, 2.05) is 13.0 Å². The van der Waals surface area contributed by atoms with E-state index in [2.05, 4.69) is 20.7 Å². The van der Waals surface area contributed by atoms with E-state index in [1.54, 1.807) is 12.1 Å². The van der Waals surface area contributed by atoms with Crippen LogP contribution in [-0.2, 0) is 10.0 Å². The zero-order valence-corrected chi connectivity index (χ0v) is 13.7. The van der Waals surface area contributed by atoms with E-state index in [-0.39, 0.29) is 9.92 Å². The van der Waals surface area contributed by atoms with E-state index in [0.717, 1.165) is 10.0 Å². The highest BCUT2D eigenvalue weighted by Gasteiger charge is 2.18. The Hall–Kier alpha value is -1.24. The van der Waals surface area contributed by atoms with Gasteiger partial charge in [-0.3, -0.25) is 4.72 Å². The fourth-order valence-electron chi connectivity index (χ4n) is 1.74. The molecule has 106 valence electrons. The van der Waals surface area contributed by atoms with Gasteiger partial charge in [0.15, 0.2) is 0 Å². The summed E-state index contributed by atoms with van der Waals surface area (Å²) in [5.74, 6) is 0. The van der Waals surface area contributed by atoms with Gasteiger partial charge in [0, 0.05) is 10.2 Å². The largest absolute Gasteiger partial charge is 0.399 e. The van der Waals surface area contributed by atoms with Crippen molar-refractivity contribution in [3.05, 3.63) is 51.5 Å². The van der Waals surface area contributed by atoms with Gasteiger partial charge in [0.05, 0.1) is 10.7 Å². The minimum atomic E-state index is -3.75. The summed E-state index contributed by atoms with van der Waals surface area (Å²) in [6, 6.07) is 9.57. The van der Waals surface area contributed by atoms with Gasteiger partial charge in [-0.2, -0.15) is 0 Å². The molecular formula is C13H12BrClN2O2S. The van der Waals surface area contributed by atoms with Crippen molar-refractivity contribution in [1.82, 2.24) is 0 Å². The van der Waals surface area contributed by atoms with Crippen molar-refractivity contribution >= 4 is 48.9 Å². The standard InChI is InChI=1S/C13H12BrClN2O2S/c1-8-4-9(14)6-11(5-8)17-20(18,19)13-3-2-10(16)7-12(13)15/h2-7,17H,16H2,1H3. The third-order valence-corrected chi connectivity index (χ3v) is 4.86. The Bertz CT molecular complexity index is 743. The molecule has 0 saturated heterocycles. The van der Waals surface area contributed by atoms with Crippen LogP contribution >= 0.6 is 27.5 Å². The summed E-state index contributed by atoms with van der Waals surface area (Å²) in [7, 11) is -3.75. The van der Waals surface area contributed by atoms with Gasteiger partial charge in [-0.25, -0.2) is 8.42 Å². The molecule has 4 nitrogen and oxygen atoms in total. The van der Waals surface area contributed by atoms with Gasteiger partial charge in [0.1, 0.15) is 4.90 Å². The molecule has 2 aromatic carbocycles. The molecule has 0 fully saturated rings. The smallest absolute Gasteiger partial charge is 0.263 e. The number of hydrogen-bond acceptors (Lipinski definition) is 3. The van der Waals surface area contributed by atoms with Crippen molar-refractivity contribution < 1.29 is 8.42 Å².